The number of ether oxygens (including phenoxy) is 1. The maximum Gasteiger partial charge on any atom is 0.306 e. The molecule has 3 unspecified atom stereocenters. The first kappa shape index (κ1) is 53.3. The lowest BCUT2D eigenvalue weighted by molar-refractivity contribution is -0.151. The molecule has 0 fully saturated rings. The first-order chi connectivity index (χ1) is 27.0. The Morgan fingerprint density at radius 2 is 0.891 bits per heavy atom. The predicted octanol–water partition coefficient (Wildman–Crippen LogP) is 14.0. The quantitative estimate of drug-likeness (QED) is 0.0326. The van der Waals surface area contributed by atoms with Crippen LogP contribution in [0, 0.1) is 0 Å². The Labute approximate surface area is 341 Å². The molecule has 0 spiro atoms. The van der Waals surface area contributed by atoms with Gasteiger partial charge in [0.25, 0.3) is 0 Å². The van der Waals surface area contributed by atoms with Gasteiger partial charge in [0, 0.05) is 6.42 Å². The van der Waals surface area contributed by atoms with Gasteiger partial charge in [-0.3, -0.25) is 9.59 Å². The third kappa shape index (κ3) is 39.0. The average Bonchev–Trinajstić information content (AvgIpc) is 3.18. The molecular weight excluding hydrogens is 683 g/mol. The van der Waals surface area contributed by atoms with Crippen LogP contribution < -0.4 is 5.32 Å². The fourth-order valence-corrected chi connectivity index (χ4v) is 7.29. The van der Waals surface area contributed by atoms with Crippen molar-refractivity contribution in [2.24, 2.45) is 0 Å². The molecule has 3 N–H and O–H groups in total. The molecular formula is C49H93NO5. The van der Waals surface area contributed by atoms with E-state index in [1.807, 2.05) is 0 Å². The third-order valence-corrected chi connectivity index (χ3v) is 11.0. The van der Waals surface area contributed by atoms with Gasteiger partial charge in [0.1, 0.15) is 6.10 Å². The molecule has 0 rings (SSSR count). The average molecular weight is 776 g/mol. The van der Waals surface area contributed by atoms with Crippen molar-refractivity contribution in [3.63, 3.8) is 0 Å². The number of hydrogen-bond acceptors (Lipinski definition) is 5. The molecule has 0 aliphatic heterocycles. The Morgan fingerprint density at radius 1 is 0.509 bits per heavy atom. The van der Waals surface area contributed by atoms with Crippen molar-refractivity contribution < 1.29 is 24.5 Å². The summed E-state index contributed by atoms with van der Waals surface area (Å²) in [4.78, 5) is 26.0. The molecule has 0 aromatic heterocycles. The number of allylic oxidation sites excluding steroid dienone is 4. The van der Waals surface area contributed by atoms with Crippen LogP contribution in [-0.4, -0.2) is 46.9 Å². The summed E-state index contributed by atoms with van der Waals surface area (Å²) in [5.41, 5.74) is 0. The Hall–Kier alpha value is -1.66. The van der Waals surface area contributed by atoms with Crippen molar-refractivity contribution in [1.29, 1.82) is 0 Å². The van der Waals surface area contributed by atoms with Crippen molar-refractivity contribution in [2.45, 2.75) is 270 Å². The van der Waals surface area contributed by atoms with Gasteiger partial charge in [-0.1, -0.05) is 193 Å². The molecule has 0 aliphatic rings. The van der Waals surface area contributed by atoms with Gasteiger partial charge in [-0.25, -0.2) is 0 Å². The van der Waals surface area contributed by atoms with Gasteiger partial charge in [-0.05, 0) is 70.6 Å². The third-order valence-electron chi connectivity index (χ3n) is 11.0. The van der Waals surface area contributed by atoms with Crippen molar-refractivity contribution in [3.05, 3.63) is 24.3 Å². The highest BCUT2D eigenvalue weighted by Crippen LogP contribution is 2.17. The van der Waals surface area contributed by atoms with Crippen LogP contribution in [0.3, 0.4) is 0 Å². The van der Waals surface area contributed by atoms with Crippen LogP contribution in [0.2, 0.25) is 0 Å². The smallest absolute Gasteiger partial charge is 0.306 e. The Bertz CT molecular complexity index is 873. The number of nitrogens with one attached hydrogen (secondary N) is 1. The number of aliphatic hydroxyl groups excluding tert-OH is 2. The fraction of sp³-hybridized carbons (Fsp3) is 0.878. The summed E-state index contributed by atoms with van der Waals surface area (Å²) in [5, 5.41) is 23.6. The van der Waals surface area contributed by atoms with Crippen LogP contribution in [0.15, 0.2) is 24.3 Å². The zero-order valence-electron chi connectivity index (χ0n) is 36.8. The van der Waals surface area contributed by atoms with Crippen LogP contribution in [0.5, 0.6) is 0 Å². The number of carbonyl (C=O) groups excluding carboxylic acids is 2. The van der Waals surface area contributed by atoms with Gasteiger partial charge >= 0.3 is 5.97 Å². The van der Waals surface area contributed by atoms with E-state index in [0.29, 0.717) is 19.3 Å². The molecule has 55 heavy (non-hydrogen) atoms. The normalized spacial score (nSPS) is 13.5. The number of amides is 1. The first-order valence-electron chi connectivity index (χ1n) is 24.1. The molecule has 0 saturated heterocycles. The van der Waals surface area contributed by atoms with Crippen LogP contribution in [0.4, 0.5) is 0 Å². The minimum absolute atomic E-state index is 0.0680. The van der Waals surface area contributed by atoms with Gasteiger partial charge < -0.3 is 20.3 Å². The summed E-state index contributed by atoms with van der Waals surface area (Å²) in [6.07, 6.45) is 48.1. The van der Waals surface area contributed by atoms with E-state index in [1.54, 1.807) is 0 Å². The van der Waals surface area contributed by atoms with Gasteiger partial charge in [0.05, 0.1) is 25.2 Å². The van der Waals surface area contributed by atoms with Gasteiger partial charge in [0.15, 0.2) is 0 Å². The molecule has 0 radical (unpaired) electrons. The van der Waals surface area contributed by atoms with E-state index >= 15 is 0 Å². The molecule has 0 heterocycles. The molecule has 6 heteroatoms. The highest BCUT2D eigenvalue weighted by Gasteiger charge is 2.24. The Kier molecular flexibility index (Phi) is 42.2. The van der Waals surface area contributed by atoms with E-state index in [2.05, 4.69) is 50.4 Å². The summed E-state index contributed by atoms with van der Waals surface area (Å²) < 4.78 is 5.89. The highest BCUT2D eigenvalue weighted by molar-refractivity contribution is 5.77. The zero-order valence-corrected chi connectivity index (χ0v) is 36.8. The van der Waals surface area contributed by atoms with Crippen molar-refractivity contribution in [1.82, 2.24) is 5.32 Å². The highest BCUT2D eigenvalue weighted by atomic mass is 16.5. The largest absolute Gasteiger partial charge is 0.462 e. The number of aliphatic hydroxyl groups is 2. The van der Waals surface area contributed by atoms with Crippen molar-refractivity contribution >= 4 is 11.9 Å². The second kappa shape index (κ2) is 43.5. The zero-order chi connectivity index (χ0) is 40.3. The van der Waals surface area contributed by atoms with Gasteiger partial charge in [-0.2, -0.15) is 0 Å². The van der Waals surface area contributed by atoms with E-state index in [-0.39, 0.29) is 24.9 Å². The number of rotatable bonds is 43. The lowest BCUT2D eigenvalue weighted by Crippen LogP contribution is -2.46. The minimum atomic E-state index is -0.787. The summed E-state index contributed by atoms with van der Waals surface area (Å²) in [5.74, 6) is -0.490. The van der Waals surface area contributed by atoms with Crippen molar-refractivity contribution in [2.75, 3.05) is 6.61 Å². The molecule has 0 aliphatic carbocycles. The molecule has 0 bridgehead atoms. The van der Waals surface area contributed by atoms with Crippen LogP contribution in [0.1, 0.15) is 252 Å². The second-order valence-corrected chi connectivity index (χ2v) is 16.5. The number of carbonyl (C=O) groups is 2. The van der Waals surface area contributed by atoms with Gasteiger partial charge in [-0.15, -0.1) is 0 Å². The minimum Gasteiger partial charge on any atom is -0.462 e. The molecule has 1 amide bonds. The van der Waals surface area contributed by atoms with E-state index in [4.69, 9.17) is 4.74 Å². The van der Waals surface area contributed by atoms with Crippen LogP contribution in [-0.2, 0) is 14.3 Å². The molecule has 0 saturated carbocycles. The van der Waals surface area contributed by atoms with E-state index in [1.165, 1.54) is 135 Å². The maximum absolute atomic E-state index is 13.1. The summed E-state index contributed by atoms with van der Waals surface area (Å²) in [6, 6.07) is -0.701. The SMILES string of the molecule is CCCC/C=C\CCCCCC(CC(=O)NC(CO)C(O)CCCCCCCCCCCCCC)OC(=O)CCCCCCCCC/C=C\CCCCCC. The summed E-state index contributed by atoms with van der Waals surface area (Å²) >= 11 is 0. The van der Waals surface area contributed by atoms with Crippen LogP contribution in [0.25, 0.3) is 0 Å². The topological polar surface area (TPSA) is 95.9 Å². The molecule has 0 aromatic carbocycles. The fourth-order valence-electron chi connectivity index (χ4n) is 7.29. The van der Waals surface area contributed by atoms with Crippen LogP contribution >= 0.6 is 0 Å². The predicted molar refractivity (Wildman–Crippen MR) is 236 cm³/mol. The molecule has 324 valence electrons. The molecule has 0 aromatic rings. The lowest BCUT2D eigenvalue weighted by Gasteiger charge is -2.24. The standard InChI is InChI=1S/C49H93NO5/c1-4-7-10-13-16-19-21-23-24-25-27-30-33-36-39-42-49(54)55-45(40-37-34-31-28-18-15-12-9-6-3)43-48(53)50-46(44-51)47(52)41-38-35-32-29-26-22-20-17-14-11-8-5-2/h15,18-19,21,45-47,51-52H,4-14,16-17,20,22-44H2,1-3H3,(H,50,53)/b18-15-,21-19-. The summed E-state index contributed by atoms with van der Waals surface area (Å²) in [7, 11) is 0. The van der Waals surface area contributed by atoms with E-state index < -0.39 is 18.2 Å². The lowest BCUT2D eigenvalue weighted by atomic mass is 10.0. The number of unbranched alkanes of at least 4 members (excludes halogenated alkanes) is 27. The Balaban J connectivity index is 4.49. The molecule has 3 atom stereocenters. The number of hydrogen-bond donors (Lipinski definition) is 3. The van der Waals surface area contributed by atoms with E-state index in [9.17, 15) is 19.8 Å². The molecule has 6 nitrogen and oxygen atoms in total. The monoisotopic (exact) mass is 776 g/mol. The van der Waals surface area contributed by atoms with Gasteiger partial charge in [0.2, 0.25) is 5.91 Å². The summed E-state index contributed by atoms with van der Waals surface area (Å²) in [6.45, 7) is 6.42. The first-order valence-corrected chi connectivity index (χ1v) is 24.1. The number of esters is 1. The van der Waals surface area contributed by atoms with E-state index in [0.717, 1.165) is 70.6 Å². The Morgan fingerprint density at radius 3 is 1.38 bits per heavy atom. The maximum atomic E-state index is 13.1. The second-order valence-electron chi connectivity index (χ2n) is 16.5. The van der Waals surface area contributed by atoms with Crippen molar-refractivity contribution in [3.8, 4) is 0 Å².